The van der Waals surface area contributed by atoms with Crippen molar-refractivity contribution in [2.45, 2.75) is 45.8 Å². The Hall–Kier alpha value is -2.04. The molecule has 0 saturated heterocycles. The lowest BCUT2D eigenvalue weighted by Crippen LogP contribution is -2.49. The minimum absolute atomic E-state index is 0.00370. The van der Waals surface area contributed by atoms with Crippen LogP contribution in [0.3, 0.4) is 0 Å². The lowest BCUT2D eigenvalue weighted by atomic mass is 10.1. The second-order valence-electron chi connectivity index (χ2n) is 6.80. The quantitative estimate of drug-likeness (QED) is 0.736. The molecular formula is C21H24Cl2N2O2. The lowest BCUT2D eigenvalue weighted by molar-refractivity contribution is -0.140. The third-order valence-corrected chi connectivity index (χ3v) is 4.55. The maximum absolute atomic E-state index is 13.0. The fourth-order valence-electron chi connectivity index (χ4n) is 2.74. The maximum atomic E-state index is 13.0. The Morgan fingerprint density at radius 3 is 2.07 bits per heavy atom. The molecule has 2 aromatic carbocycles. The molecule has 2 aromatic rings. The highest BCUT2D eigenvalue weighted by Gasteiger charge is 2.26. The molecule has 6 heteroatoms. The molecular weight excluding hydrogens is 383 g/mol. The Kier molecular flexibility index (Phi) is 7.69. The van der Waals surface area contributed by atoms with Crippen LogP contribution >= 0.6 is 23.2 Å². The molecule has 0 saturated carbocycles. The summed E-state index contributed by atoms with van der Waals surface area (Å²) >= 11 is 12.1. The first-order valence-corrected chi connectivity index (χ1v) is 9.60. The summed E-state index contributed by atoms with van der Waals surface area (Å²) in [5.41, 5.74) is 1.67. The standard InChI is InChI=1S/C21H24Cl2N2O2/c1-14(2)24-21(27)15(3)25(13-17-7-5-9-19(23)11-17)20(26)12-16-6-4-8-18(22)10-16/h4-11,14-15H,12-13H2,1-3H3,(H,24,27)/t15-/m0/s1. The van der Waals surface area contributed by atoms with Crippen molar-refractivity contribution in [3.63, 3.8) is 0 Å². The predicted molar refractivity (Wildman–Crippen MR) is 110 cm³/mol. The van der Waals surface area contributed by atoms with E-state index in [-0.39, 0.29) is 24.3 Å². The van der Waals surface area contributed by atoms with E-state index in [0.29, 0.717) is 16.6 Å². The van der Waals surface area contributed by atoms with Crippen LogP contribution in [0.15, 0.2) is 48.5 Å². The minimum Gasteiger partial charge on any atom is -0.352 e. The van der Waals surface area contributed by atoms with Gasteiger partial charge in [0, 0.05) is 22.6 Å². The molecule has 1 N–H and O–H groups in total. The number of carbonyl (C=O) groups excluding carboxylic acids is 2. The number of hydrogen-bond donors (Lipinski definition) is 1. The summed E-state index contributed by atoms with van der Waals surface area (Å²) in [6.07, 6.45) is 0.167. The third-order valence-electron chi connectivity index (χ3n) is 4.08. The minimum atomic E-state index is -0.613. The molecule has 144 valence electrons. The van der Waals surface area contributed by atoms with Crippen LogP contribution in [0, 0.1) is 0 Å². The molecule has 4 nitrogen and oxygen atoms in total. The summed E-state index contributed by atoms with van der Waals surface area (Å²) in [6, 6.07) is 13.9. The Labute approximate surface area is 170 Å². The van der Waals surface area contributed by atoms with Crippen LogP contribution in [0.2, 0.25) is 10.0 Å². The van der Waals surface area contributed by atoms with Gasteiger partial charge < -0.3 is 10.2 Å². The van der Waals surface area contributed by atoms with Gasteiger partial charge >= 0.3 is 0 Å². The van der Waals surface area contributed by atoms with E-state index in [1.807, 2.05) is 32.0 Å². The average Bonchev–Trinajstić information content (AvgIpc) is 2.58. The zero-order valence-electron chi connectivity index (χ0n) is 15.7. The molecule has 0 aromatic heterocycles. The number of amides is 2. The SMILES string of the molecule is CC(C)NC(=O)[C@H](C)N(Cc1cccc(Cl)c1)C(=O)Cc1cccc(Cl)c1. The summed E-state index contributed by atoms with van der Waals surface area (Å²) < 4.78 is 0. The van der Waals surface area contributed by atoms with Gasteiger partial charge in [-0.15, -0.1) is 0 Å². The lowest BCUT2D eigenvalue weighted by Gasteiger charge is -2.29. The van der Waals surface area contributed by atoms with Crippen LogP contribution in [0.5, 0.6) is 0 Å². The number of halogens is 2. The third kappa shape index (κ3) is 6.56. The first kappa shape index (κ1) is 21.3. The van der Waals surface area contributed by atoms with Gasteiger partial charge in [0.15, 0.2) is 0 Å². The van der Waals surface area contributed by atoms with Gasteiger partial charge in [-0.25, -0.2) is 0 Å². The van der Waals surface area contributed by atoms with Crippen LogP contribution in [0.4, 0.5) is 0 Å². The van der Waals surface area contributed by atoms with Crippen molar-refractivity contribution in [2.75, 3.05) is 0 Å². The Morgan fingerprint density at radius 2 is 1.52 bits per heavy atom. The van der Waals surface area contributed by atoms with Crippen LogP contribution in [0.25, 0.3) is 0 Å². The average molecular weight is 407 g/mol. The molecule has 1 atom stereocenters. The molecule has 27 heavy (non-hydrogen) atoms. The second-order valence-corrected chi connectivity index (χ2v) is 7.67. The topological polar surface area (TPSA) is 49.4 Å². The van der Waals surface area contributed by atoms with Crippen LogP contribution in [-0.2, 0) is 22.6 Å². The molecule has 0 aliphatic heterocycles. The zero-order chi connectivity index (χ0) is 20.0. The van der Waals surface area contributed by atoms with Crippen molar-refractivity contribution in [1.29, 1.82) is 0 Å². The largest absolute Gasteiger partial charge is 0.352 e. The van der Waals surface area contributed by atoms with Crippen molar-refractivity contribution in [1.82, 2.24) is 10.2 Å². The molecule has 0 bridgehead atoms. The summed E-state index contributed by atoms with van der Waals surface area (Å²) in [4.78, 5) is 27.1. The highest BCUT2D eigenvalue weighted by molar-refractivity contribution is 6.30. The molecule has 0 heterocycles. The van der Waals surface area contributed by atoms with Crippen molar-refractivity contribution in [3.05, 3.63) is 69.7 Å². The number of nitrogens with one attached hydrogen (secondary N) is 1. The monoisotopic (exact) mass is 406 g/mol. The molecule has 0 spiro atoms. The van der Waals surface area contributed by atoms with Crippen molar-refractivity contribution in [3.8, 4) is 0 Å². The predicted octanol–water partition coefficient (Wildman–Crippen LogP) is 4.48. The summed E-state index contributed by atoms with van der Waals surface area (Å²) in [5.74, 6) is -0.338. The number of benzene rings is 2. The fraction of sp³-hybridized carbons (Fsp3) is 0.333. The van der Waals surface area contributed by atoms with Gasteiger partial charge in [0.1, 0.15) is 6.04 Å². The van der Waals surface area contributed by atoms with Gasteiger partial charge in [-0.1, -0.05) is 47.5 Å². The number of hydrogen-bond acceptors (Lipinski definition) is 2. The van der Waals surface area contributed by atoms with Crippen LogP contribution < -0.4 is 5.32 Å². The first-order chi connectivity index (χ1) is 12.8. The molecule has 0 unspecified atom stereocenters. The number of nitrogens with zero attached hydrogens (tertiary/aromatic N) is 1. The van der Waals surface area contributed by atoms with Crippen LogP contribution in [0.1, 0.15) is 31.9 Å². The van der Waals surface area contributed by atoms with E-state index in [1.165, 1.54) is 0 Å². The van der Waals surface area contributed by atoms with E-state index in [4.69, 9.17) is 23.2 Å². The van der Waals surface area contributed by atoms with Gasteiger partial charge in [0.05, 0.1) is 6.42 Å². The van der Waals surface area contributed by atoms with E-state index < -0.39 is 6.04 Å². The molecule has 2 amide bonds. The van der Waals surface area contributed by atoms with E-state index >= 15 is 0 Å². The second kappa shape index (κ2) is 9.77. The van der Waals surface area contributed by atoms with E-state index in [9.17, 15) is 9.59 Å². The van der Waals surface area contributed by atoms with Gasteiger partial charge in [-0.3, -0.25) is 9.59 Å². The van der Waals surface area contributed by atoms with E-state index in [2.05, 4.69) is 5.32 Å². The molecule has 0 fully saturated rings. The maximum Gasteiger partial charge on any atom is 0.242 e. The summed E-state index contributed by atoms with van der Waals surface area (Å²) in [6.45, 7) is 5.81. The van der Waals surface area contributed by atoms with Crippen molar-refractivity contribution in [2.24, 2.45) is 0 Å². The molecule has 0 aliphatic rings. The molecule has 0 aliphatic carbocycles. The van der Waals surface area contributed by atoms with Crippen LogP contribution in [-0.4, -0.2) is 28.8 Å². The summed E-state index contributed by atoms with van der Waals surface area (Å²) in [5, 5.41) is 4.04. The van der Waals surface area contributed by atoms with E-state index in [1.54, 1.807) is 42.2 Å². The van der Waals surface area contributed by atoms with Gasteiger partial charge in [0.2, 0.25) is 11.8 Å². The van der Waals surface area contributed by atoms with Gasteiger partial charge in [-0.05, 0) is 56.2 Å². The zero-order valence-corrected chi connectivity index (χ0v) is 17.2. The highest BCUT2D eigenvalue weighted by Crippen LogP contribution is 2.17. The van der Waals surface area contributed by atoms with Crippen molar-refractivity contribution < 1.29 is 9.59 Å². The normalized spacial score (nSPS) is 11.9. The first-order valence-electron chi connectivity index (χ1n) is 8.85. The van der Waals surface area contributed by atoms with Gasteiger partial charge in [-0.2, -0.15) is 0 Å². The fourth-order valence-corrected chi connectivity index (χ4v) is 3.17. The Balaban J connectivity index is 2.24. The molecule has 0 radical (unpaired) electrons. The Bertz CT molecular complexity index is 808. The smallest absolute Gasteiger partial charge is 0.242 e. The van der Waals surface area contributed by atoms with E-state index in [0.717, 1.165) is 11.1 Å². The highest BCUT2D eigenvalue weighted by atomic mass is 35.5. The van der Waals surface area contributed by atoms with Crippen molar-refractivity contribution >= 4 is 35.0 Å². The molecule has 2 rings (SSSR count). The summed E-state index contributed by atoms with van der Waals surface area (Å²) in [7, 11) is 0. The Morgan fingerprint density at radius 1 is 0.963 bits per heavy atom. The van der Waals surface area contributed by atoms with Gasteiger partial charge in [0.25, 0.3) is 0 Å². The number of rotatable bonds is 7. The number of carbonyl (C=O) groups is 2.